The summed E-state index contributed by atoms with van der Waals surface area (Å²) in [4.78, 5) is 0. The summed E-state index contributed by atoms with van der Waals surface area (Å²) in [5.74, 6) is 0. The minimum Gasteiger partial charge on any atom is -0.328 e. The molecule has 1 rings (SSSR count). The average Bonchev–Trinajstić information content (AvgIpc) is 1.93. The van der Waals surface area contributed by atoms with E-state index in [1.165, 1.54) is 9.13 Å². The molecule has 2 N–H and O–H groups in total. The first-order valence-corrected chi connectivity index (χ1v) is 4.76. The summed E-state index contributed by atoms with van der Waals surface area (Å²) >= 11 is 2.30. The smallest absolute Gasteiger partial charge is 0.0130 e. The monoisotopic (exact) mass is 297 g/mol. The average molecular weight is 298 g/mol. The second kappa shape index (κ2) is 5.78. The number of nitrogens with two attached hydrogens (primary N) is 1. The SMILES string of the molecule is CC(N)Cc1ccc(I)cc1.Cl. The molecule has 0 amide bonds. The van der Waals surface area contributed by atoms with Crippen molar-refractivity contribution in [2.24, 2.45) is 5.73 Å². The lowest BCUT2D eigenvalue weighted by Crippen LogP contribution is -2.17. The molecule has 0 fully saturated rings. The van der Waals surface area contributed by atoms with Gasteiger partial charge in [0.15, 0.2) is 0 Å². The largest absolute Gasteiger partial charge is 0.328 e. The van der Waals surface area contributed by atoms with Gasteiger partial charge in [-0.15, -0.1) is 12.4 Å². The third-order valence-corrected chi connectivity index (χ3v) is 2.19. The predicted octanol–water partition coefficient (Wildman–Crippen LogP) is 2.60. The van der Waals surface area contributed by atoms with Crippen molar-refractivity contribution in [1.29, 1.82) is 0 Å². The summed E-state index contributed by atoms with van der Waals surface area (Å²) in [7, 11) is 0. The molecule has 0 saturated heterocycles. The third-order valence-electron chi connectivity index (χ3n) is 1.47. The molecule has 3 heteroatoms. The standard InChI is InChI=1S/C9H12IN.ClH/c1-7(11)6-8-2-4-9(10)5-3-8;/h2-5,7H,6,11H2,1H3;1H. The highest BCUT2D eigenvalue weighted by Gasteiger charge is 1.96. The molecule has 0 bridgehead atoms. The Bertz CT molecular complexity index is 220. The zero-order valence-corrected chi connectivity index (χ0v) is 9.93. The highest BCUT2D eigenvalue weighted by atomic mass is 127. The minimum atomic E-state index is 0. The fourth-order valence-electron chi connectivity index (χ4n) is 0.992. The van der Waals surface area contributed by atoms with E-state index in [2.05, 4.69) is 46.9 Å². The van der Waals surface area contributed by atoms with Crippen LogP contribution in [0.25, 0.3) is 0 Å². The van der Waals surface area contributed by atoms with Gasteiger partial charge in [0.25, 0.3) is 0 Å². The van der Waals surface area contributed by atoms with E-state index < -0.39 is 0 Å². The number of benzene rings is 1. The van der Waals surface area contributed by atoms with Crippen LogP contribution in [0.4, 0.5) is 0 Å². The molecule has 0 aliphatic heterocycles. The summed E-state index contributed by atoms with van der Waals surface area (Å²) in [5.41, 5.74) is 6.98. The molecule has 12 heavy (non-hydrogen) atoms. The van der Waals surface area contributed by atoms with Crippen LogP contribution in [0.2, 0.25) is 0 Å². The van der Waals surface area contributed by atoms with Gasteiger partial charge >= 0.3 is 0 Å². The predicted molar refractivity (Wildman–Crippen MR) is 63.8 cm³/mol. The van der Waals surface area contributed by atoms with Crippen LogP contribution in [0.1, 0.15) is 12.5 Å². The van der Waals surface area contributed by atoms with E-state index >= 15 is 0 Å². The molecular formula is C9H13ClIN. The van der Waals surface area contributed by atoms with Crippen molar-refractivity contribution in [2.45, 2.75) is 19.4 Å². The van der Waals surface area contributed by atoms with Crippen molar-refractivity contribution in [3.8, 4) is 0 Å². The maximum absolute atomic E-state index is 5.66. The maximum atomic E-state index is 5.66. The van der Waals surface area contributed by atoms with Gasteiger partial charge in [-0.2, -0.15) is 0 Å². The van der Waals surface area contributed by atoms with Crippen molar-refractivity contribution in [2.75, 3.05) is 0 Å². The van der Waals surface area contributed by atoms with E-state index in [4.69, 9.17) is 5.73 Å². The molecule has 0 aliphatic rings. The van der Waals surface area contributed by atoms with Crippen molar-refractivity contribution < 1.29 is 0 Å². The Labute approximate surface area is 93.3 Å². The number of hydrogen-bond acceptors (Lipinski definition) is 1. The van der Waals surface area contributed by atoms with E-state index in [1.54, 1.807) is 0 Å². The minimum absolute atomic E-state index is 0. The van der Waals surface area contributed by atoms with Gasteiger partial charge in [-0.1, -0.05) is 12.1 Å². The second-order valence-electron chi connectivity index (χ2n) is 2.81. The number of halogens is 2. The van der Waals surface area contributed by atoms with E-state index in [1.807, 2.05) is 6.92 Å². The van der Waals surface area contributed by atoms with Gasteiger partial charge in [0.2, 0.25) is 0 Å². The zero-order chi connectivity index (χ0) is 8.27. The fourth-order valence-corrected chi connectivity index (χ4v) is 1.35. The highest BCUT2D eigenvalue weighted by Crippen LogP contribution is 2.07. The quantitative estimate of drug-likeness (QED) is 0.834. The van der Waals surface area contributed by atoms with Gasteiger partial charge in [-0.05, 0) is 53.6 Å². The van der Waals surface area contributed by atoms with Crippen molar-refractivity contribution in [1.82, 2.24) is 0 Å². The van der Waals surface area contributed by atoms with Crippen LogP contribution in [0, 0.1) is 3.57 Å². The van der Waals surface area contributed by atoms with E-state index in [9.17, 15) is 0 Å². The molecule has 1 aromatic carbocycles. The summed E-state index contributed by atoms with van der Waals surface area (Å²) < 4.78 is 1.27. The van der Waals surface area contributed by atoms with Crippen LogP contribution in [0.5, 0.6) is 0 Å². The molecule has 1 atom stereocenters. The van der Waals surface area contributed by atoms with E-state index in [0.29, 0.717) is 0 Å². The third kappa shape index (κ3) is 4.28. The Balaban J connectivity index is 0.00000121. The summed E-state index contributed by atoms with van der Waals surface area (Å²) in [6.07, 6.45) is 0.969. The van der Waals surface area contributed by atoms with Crippen LogP contribution in [-0.4, -0.2) is 6.04 Å². The molecule has 0 radical (unpaired) electrons. The second-order valence-corrected chi connectivity index (χ2v) is 4.05. The molecule has 1 nitrogen and oxygen atoms in total. The lowest BCUT2D eigenvalue weighted by atomic mass is 10.1. The van der Waals surface area contributed by atoms with Crippen molar-refractivity contribution >= 4 is 35.0 Å². The molecule has 0 aliphatic carbocycles. The normalized spacial score (nSPS) is 11.9. The van der Waals surface area contributed by atoms with Crippen LogP contribution in [0.15, 0.2) is 24.3 Å². The van der Waals surface area contributed by atoms with Crippen LogP contribution in [-0.2, 0) is 6.42 Å². The van der Waals surface area contributed by atoms with Gasteiger partial charge in [0, 0.05) is 9.61 Å². The molecule has 0 aromatic heterocycles. The van der Waals surface area contributed by atoms with E-state index in [-0.39, 0.29) is 18.4 Å². The van der Waals surface area contributed by atoms with Crippen molar-refractivity contribution in [3.05, 3.63) is 33.4 Å². The summed E-state index contributed by atoms with van der Waals surface area (Å²) in [5, 5.41) is 0. The van der Waals surface area contributed by atoms with Gasteiger partial charge in [0.1, 0.15) is 0 Å². The topological polar surface area (TPSA) is 26.0 Å². The molecular weight excluding hydrogens is 284 g/mol. The number of rotatable bonds is 2. The van der Waals surface area contributed by atoms with Gasteiger partial charge in [0.05, 0.1) is 0 Å². The Morgan fingerprint density at radius 3 is 2.25 bits per heavy atom. The molecule has 0 heterocycles. The molecule has 68 valence electrons. The van der Waals surface area contributed by atoms with Gasteiger partial charge < -0.3 is 5.73 Å². The van der Waals surface area contributed by atoms with Gasteiger partial charge in [-0.25, -0.2) is 0 Å². The Hall–Kier alpha value is 0.200. The van der Waals surface area contributed by atoms with Crippen LogP contribution >= 0.6 is 35.0 Å². The fraction of sp³-hybridized carbons (Fsp3) is 0.333. The Morgan fingerprint density at radius 2 is 1.83 bits per heavy atom. The molecule has 0 saturated carbocycles. The molecule has 1 unspecified atom stereocenters. The maximum Gasteiger partial charge on any atom is 0.0130 e. The first-order valence-electron chi connectivity index (χ1n) is 3.68. The summed E-state index contributed by atoms with van der Waals surface area (Å²) in [6.45, 7) is 2.03. The Kier molecular flexibility index (Phi) is 5.88. The summed E-state index contributed by atoms with van der Waals surface area (Å²) in [6, 6.07) is 8.74. The highest BCUT2D eigenvalue weighted by molar-refractivity contribution is 14.1. The van der Waals surface area contributed by atoms with Crippen molar-refractivity contribution in [3.63, 3.8) is 0 Å². The van der Waals surface area contributed by atoms with E-state index in [0.717, 1.165) is 6.42 Å². The lowest BCUT2D eigenvalue weighted by molar-refractivity contribution is 0.738. The first-order chi connectivity index (χ1) is 5.18. The Morgan fingerprint density at radius 1 is 1.33 bits per heavy atom. The molecule has 0 spiro atoms. The lowest BCUT2D eigenvalue weighted by Gasteiger charge is -2.03. The van der Waals surface area contributed by atoms with Crippen LogP contribution < -0.4 is 5.73 Å². The van der Waals surface area contributed by atoms with Crippen LogP contribution in [0.3, 0.4) is 0 Å². The molecule has 1 aromatic rings. The van der Waals surface area contributed by atoms with Gasteiger partial charge in [-0.3, -0.25) is 0 Å². The number of hydrogen-bond donors (Lipinski definition) is 1. The first kappa shape index (κ1) is 12.2. The zero-order valence-electron chi connectivity index (χ0n) is 6.96.